The van der Waals surface area contributed by atoms with E-state index in [0.29, 0.717) is 0 Å². The molecule has 0 unspecified atom stereocenters. The Kier molecular flexibility index (Phi) is 5.22. The third-order valence-corrected chi connectivity index (χ3v) is 5.40. The van der Waals surface area contributed by atoms with Crippen LogP contribution in [0.2, 0.25) is 0 Å². The highest BCUT2D eigenvalue weighted by molar-refractivity contribution is 5.88. The largest absolute Gasteiger partial charge is 0.495 e. The van der Waals surface area contributed by atoms with Crippen molar-refractivity contribution in [2.45, 2.75) is 20.8 Å². The molecule has 4 aromatic rings. The first-order chi connectivity index (χ1) is 14.0. The zero-order valence-corrected chi connectivity index (χ0v) is 17.5. The molecule has 0 saturated heterocycles. The number of hydrogen-bond donors (Lipinski definition) is 0. The van der Waals surface area contributed by atoms with Gasteiger partial charge in [-0.25, -0.2) is 0 Å². The molecule has 144 valence electrons. The number of hydrogen-bond acceptors (Lipinski definition) is 1. The summed E-state index contributed by atoms with van der Waals surface area (Å²) in [6.07, 6.45) is 0. The molecule has 0 bridgehead atoms. The van der Waals surface area contributed by atoms with Gasteiger partial charge in [-0.2, -0.15) is 0 Å². The van der Waals surface area contributed by atoms with Gasteiger partial charge in [-0.3, -0.25) is 0 Å². The van der Waals surface area contributed by atoms with E-state index in [4.69, 9.17) is 4.74 Å². The summed E-state index contributed by atoms with van der Waals surface area (Å²) in [5.41, 5.74) is 10.7. The molecular formula is C28H26O. The van der Waals surface area contributed by atoms with Gasteiger partial charge in [-0.05, 0) is 55.2 Å². The standard InChI is InChI=1S/C28H26O/c1-19-5-11-22(12-6-19)25-17-26(23-13-7-20(2)8-14-23)28(29-4)27(18-25)24-15-9-21(3)10-16-24/h5-18H,1-4H3. The van der Waals surface area contributed by atoms with E-state index in [9.17, 15) is 0 Å². The van der Waals surface area contributed by atoms with Gasteiger partial charge in [-0.1, -0.05) is 89.5 Å². The molecule has 0 heterocycles. The zero-order valence-electron chi connectivity index (χ0n) is 17.5. The van der Waals surface area contributed by atoms with Crippen molar-refractivity contribution in [1.82, 2.24) is 0 Å². The zero-order chi connectivity index (χ0) is 20.4. The minimum Gasteiger partial charge on any atom is -0.495 e. The molecule has 0 amide bonds. The van der Waals surface area contributed by atoms with Crippen LogP contribution >= 0.6 is 0 Å². The molecule has 0 N–H and O–H groups in total. The highest BCUT2D eigenvalue weighted by atomic mass is 16.5. The first-order valence-corrected chi connectivity index (χ1v) is 9.98. The number of methoxy groups -OCH3 is 1. The van der Waals surface area contributed by atoms with Gasteiger partial charge < -0.3 is 4.74 Å². The Morgan fingerprint density at radius 2 is 0.793 bits per heavy atom. The molecule has 0 atom stereocenters. The average Bonchev–Trinajstić information content (AvgIpc) is 2.74. The van der Waals surface area contributed by atoms with E-state index in [0.717, 1.165) is 28.0 Å². The summed E-state index contributed by atoms with van der Waals surface area (Å²) < 4.78 is 5.96. The van der Waals surface area contributed by atoms with Crippen LogP contribution in [0.4, 0.5) is 0 Å². The van der Waals surface area contributed by atoms with Gasteiger partial charge in [0.15, 0.2) is 0 Å². The lowest BCUT2D eigenvalue weighted by atomic mass is 9.91. The Labute approximate surface area is 173 Å². The fraction of sp³-hybridized carbons (Fsp3) is 0.143. The topological polar surface area (TPSA) is 9.23 Å². The van der Waals surface area contributed by atoms with Gasteiger partial charge in [-0.15, -0.1) is 0 Å². The third-order valence-electron chi connectivity index (χ3n) is 5.40. The number of ether oxygens (including phenoxy) is 1. The molecule has 0 fully saturated rings. The molecule has 4 rings (SSSR count). The second-order valence-electron chi connectivity index (χ2n) is 7.70. The number of aryl methyl sites for hydroxylation is 3. The van der Waals surface area contributed by atoms with Crippen LogP contribution in [0.25, 0.3) is 33.4 Å². The van der Waals surface area contributed by atoms with Gasteiger partial charge >= 0.3 is 0 Å². The summed E-state index contributed by atoms with van der Waals surface area (Å²) >= 11 is 0. The summed E-state index contributed by atoms with van der Waals surface area (Å²) in [6.45, 7) is 6.34. The van der Waals surface area contributed by atoms with E-state index in [1.54, 1.807) is 7.11 Å². The SMILES string of the molecule is COc1c(-c2ccc(C)cc2)cc(-c2ccc(C)cc2)cc1-c1ccc(C)cc1. The van der Waals surface area contributed by atoms with Crippen molar-refractivity contribution in [2.24, 2.45) is 0 Å². The Morgan fingerprint density at radius 3 is 1.14 bits per heavy atom. The Bertz CT molecular complexity index is 1050. The fourth-order valence-electron chi connectivity index (χ4n) is 3.66. The molecule has 1 nitrogen and oxygen atoms in total. The second kappa shape index (κ2) is 7.97. The summed E-state index contributed by atoms with van der Waals surface area (Å²) in [5, 5.41) is 0. The monoisotopic (exact) mass is 378 g/mol. The van der Waals surface area contributed by atoms with Gasteiger partial charge in [0.1, 0.15) is 5.75 Å². The summed E-state index contributed by atoms with van der Waals surface area (Å²) in [5.74, 6) is 0.911. The van der Waals surface area contributed by atoms with Gasteiger partial charge in [0.05, 0.1) is 7.11 Å². The minimum atomic E-state index is 0.911. The molecule has 0 aliphatic rings. The predicted octanol–water partition coefficient (Wildman–Crippen LogP) is 7.62. The maximum Gasteiger partial charge on any atom is 0.134 e. The first-order valence-electron chi connectivity index (χ1n) is 9.98. The Morgan fingerprint density at radius 1 is 0.448 bits per heavy atom. The molecular weight excluding hydrogens is 352 g/mol. The maximum atomic E-state index is 5.96. The maximum absolute atomic E-state index is 5.96. The predicted molar refractivity (Wildman–Crippen MR) is 124 cm³/mol. The lowest BCUT2D eigenvalue weighted by Gasteiger charge is -2.17. The summed E-state index contributed by atoms with van der Waals surface area (Å²) in [6, 6.07) is 30.5. The first kappa shape index (κ1) is 19.0. The van der Waals surface area contributed by atoms with Crippen molar-refractivity contribution in [3.63, 3.8) is 0 Å². The van der Waals surface area contributed by atoms with Gasteiger partial charge in [0.25, 0.3) is 0 Å². The minimum absolute atomic E-state index is 0.911. The lowest BCUT2D eigenvalue weighted by Crippen LogP contribution is -1.94. The van der Waals surface area contributed by atoms with Crippen LogP contribution in [0, 0.1) is 20.8 Å². The van der Waals surface area contributed by atoms with Crippen molar-refractivity contribution in [2.75, 3.05) is 7.11 Å². The van der Waals surface area contributed by atoms with E-state index >= 15 is 0 Å². The Hall–Kier alpha value is -3.32. The molecule has 0 aromatic heterocycles. The molecule has 0 aliphatic heterocycles. The summed E-state index contributed by atoms with van der Waals surface area (Å²) in [4.78, 5) is 0. The van der Waals surface area contributed by atoms with Crippen molar-refractivity contribution in [3.8, 4) is 39.1 Å². The number of rotatable bonds is 4. The molecule has 0 radical (unpaired) electrons. The van der Waals surface area contributed by atoms with Crippen LogP contribution in [-0.2, 0) is 0 Å². The third kappa shape index (κ3) is 3.95. The van der Waals surface area contributed by atoms with Crippen LogP contribution in [0.15, 0.2) is 84.9 Å². The quantitative estimate of drug-likeness (QED) is 0.355. The van der Waals surface area contributed by atoms with E-state index < -0.39 is 0 Å². The molecule has 0 aliphatic carbocycles. The average molecular weight is 379 g/mol. The van der Waals surface area contributed by atoms with Crippen LogP contribution in [-0.4, -0.2) is 7.11 Å². The fourth-order valence-corrected chi connectivity index (χ4v) is 3.66. The van der Waals surface area contributed by atoms with Crippen molar-refractivity contribution >= 4 is 0 Å². The van der Waals surface area contributed by atoms with Crippen LogP contribution < -0.4 is 4.74 Å². The van der Waals surface area contributed by atoms with E-state index in [-0.39, 0.29) is 0 Å². The van der Waals surface area contributed by atoms with Crippen molar-refractivity contribution < 1.29 is 4.74 Å². The normalized spacial score (nSPS) is 10.8. The van der Waals surface area contributed by atoms with E-state index in [2.05, 4.69) is 106 Å². The van der Waals surface area contributed by atoms with E-state index in [1.807, 2.05) is 0 Å². The number of benzene rings is 4. The van der Waals surface area contributed by atoms with Crippen LogP contribution in [0.5, 0.6) is 5.75 Å². The van der Waals surface area contributed by atoms with Crippen molar-refractivity contribution in [3.05, 3.63) is 102 Å². The molecule has 1 heteroatoms. The highest BCUT2D eigenvalue weighted by Gasteiger charge is 2.16. The van der Waals surface area contributed by atoms with Gasteiger partial charge in [0.2, 0.25) is 0 Å². The van der Waals surface area contributed by atoms with E-state index in [1.165, 1.54) is 27.8 Å². The molecule has 0 spiro atoms. The second-order valence-corrected chi connectivity index (χ2v) is 7.70. The summed E-state index contributed by atoms with van der Waals surface area (Å²) in [7, 11) is 1.76. The highest BCUT2D eigenvalue weighted by Crippen LogP contribution is 2.42. The smallest absolute Gasteiger partial charge is 0.134 e. The van der Waals surface area contributed by atoms with Gasteiger partial charge in [0, 0.05) is 11.1 Å². The molecule has 0 saturated carbocycles. The van der Waals surface area contributed by atoms with Crippen molar-refractivity contribution in [1.29, 1.82) is 0 Å². The van der Waals surface area contributed by atoms with Crippen LogP contribution in [0.1, 0.15) is 16.7 Å². The molecule has 29 heavy (non-hydrogen) atoms. The lowest BCUT2D eigenvalue weighted by molar-refractivity contribution is 0.418. The molecule has 4 aromatic carbocycles. The van der Waals surface area contributed by atoms with Crippen LogP contribution in [0.3, 0.4) is 0 Å². The Balaban J connectivity index is 1.98.